The summed E-state index contributed by atoms with van der Waals surface area (Å²) in [5, 5.41) is 15.1. The monoisotopic (exact) mass is 487 g/mol. The molecule has 0 aliphatic carbocycles. The number of nitro benzene ring substituents is 1. The molecule has 168 valence electrons. The number of methoxy groups -OCH3 is 1. The van der Waals surface area contributed by atoms with Crippen LogP contribution in [0.2, 0.25) is 10.0 Å². The molecule has 11 heteroatoms. The third-order valence-corrected chi connectivity index (χ3v) is 4.81. The Kier molecular flexibility index (Phi) is 7.60. The summed E-state index contributed by atoms with van der Waals surface area (Å²) < 4.78 is 10.6. The topological polar surface area (TPSA) is 120 Å². The van der Waals surface area contributed by atoms with Gasteiger partial charge >= 0.3 is 5.97 Å². The molecule has 3 aromatic carbocycles. The van der Waals surface area contributed by atoms with E-state index in [1.54, 1.807) is 12.1 Å². The number of hydrogen-bond acceptors (Lipinski definition) is 7. The number of carbonyl (C=O) groups excluding carboxylic acids is 2. The van der Waals surface area contributed by atoms with E-state index >= 15 is 0 Å². The van der Waals surface area contributed by atoms with Crippen molar-refractivity contribution in [2.75, 3.05) is 7.11 Å². The second-order valence-electron chi connectivity index (χ2n) is 6.43. The Bertz CT molecular complexity index is 1250. The summed E-state index contributed by atoms with van der Waals surface area (Å²) in [4.78, 5) is 34.6. The van der Waals surface area contributed by atoms with Crippen LogP contribution in [-0.4, -0.2) is 30.1 Å². The maximum atomic E-state index is 12.4. The Balaban J connectivity index is 1.67. The summed E-state index contributed by atoms with van der Waals surface area (Å²) in [6.45, 7) is 0. The Morgan fingerprint density at radius 2 is 1.76 bits per heavy atom. The zero-order valence-electron chi connectivity index (χ0n) is 17.0. The number of ether oxygens (including phenoxy) is 2. The molecule has 0 unspecified atom stereocenters. The first-order valence-electron chi connectivity index (χ1n) is 9.21. The number of halogens is 2. The third kappa shape index (κ3) is 6.06. The molecule has 0 aliphatic rings. The van der Waals surface area contributed by atoms with Crippen molar-refractivity contribution in [3.63, 3.8) is 0 Å². The van der Waals surface area contributed by atoms with Gasteiger partial charge in [0.1, 0.15) is 0 Å². The van der Waals surface area contributed by atoms with E-state index in [0.29, 0.717) is 10.6 Å². The molecule has 0 atom stereocenters. The van der Waals surface area contributed by atoms with Crippen LogP contribution in [0, 0.1) is 10.1 Å². The van der Waals surface area contributed by atoms with Gasteiger partial charge in [-0.15, -0.1) is 0 Å². The van der Waals surface area contributed by atoms with Gasteiger partial charge in [-0.25, -0.2) is 10.2 Å². The van der Waals surface area contributed by atoms with E-state index in [2.05, 4.69) is 10.5 Å². The zero-order chi connectivity index (χ0) is 24.0. The van der Waals surface area contributed by atoms with E-state index < -0.39 is 16.8 Å². The normalized spacial score (nSPS) is 10.6. The third-order valence-electron chi connectivity index (χ3n) is 4.26. The van der Waals surface area contributed by atoms with Crippen LogP contribution in [0.15, 0.2) is 65.8 Å². The Morgan fingerprint density at radius 1 is 1.03 bits per heavy atom. The Labute approximate surface area is 197 Å². The van der Waals surface area contributed by atoms with Crippen molar-refractivity contribution in [2.24, 2.45) is 5.10 Å². The fraction of sp³-hybridized carbons (Fsp3) is 0.0455. The molecule has 3 aromatic rings. The van der Waals surface area contributed by atoms with E-state index in [1.165, 1.54) is 61.9 Å². The van der Waals surface area contributed by atoms with Crippen LogP contribution in [0.1, 0.15) is 26.3 Å². The number of hydrazone groups is 1. The quantitative estimate of drug-likeness (QED) is 0.166. The van der Waals surface area contributed by atoms with Gasteiger partial charge in [0.25, 0.3) is 11.6 Å². The van der Waals surface area contributed by atoms with Crippen molar-refractivity contribution >= 4 is 47.0 Å². The van der Waals surface area contributed by atoms with Crippen LogP contribution < -0.4 is 14.9 Å². The second kappa shape index (κ2) is 10.6. The lowest BCUT2D eigenvalue weighted by Gasteiger charge is -2.10. The van der Waals surface area contributed by atoms with Crippen molar-refractivity contribution in [3.8, 4) is 11.5 Å². The molecule has 0 radical (unpaired) electrons. The van der Waals surface area contributed by atoms with Crippen LogP contribution in [0.3, 0.4) is 0 Å². The minimum Gasteiger partial charge on any atom is -0.493 e. The highest BCUT2D eigenvalue weighted by Gasteiger charge is 2.16. The predicted octanol–water partition coefficient (Wildman–Crippen LogP) is 4.89. The van der Waals surface area contributed by atoms with Gasteiger partial charge < -0.3 is 9.47 Å². The molecule has 0 fully saturated rings. The maximum Gasteiger partial charge on any atom is 0.345 e. The molecule has 3 rings (SSSR count). The number of nitrogens with one attached hydrogen (secondary N) is 1. The van der Waals surface area contributed by atoms with Gasteiger partial charge in [-0.2, -0.15) is 5.10 Å². The first-order valence-corrected chi connectivity index (χ1v) is 9.97. The molecule has 0 bridgehead atoms. The summed E-state index contributed by atoms with van der Waals surface area (Å²) in [6, 6.07) is 14.1. The number of esters is 1. The highest BCUT2D eigenvalue weighted by molar-refractivity contribution is 6.36. The fourth-order valence-electron chi connectivity index (χ4n) is 2.62. The van der Waals surface area contributed by atoms with Crippen LogP contribution >= 0.6 is 23.2 Å². The van der Waals surface area contributed by atoms with Gasteiger partial charge in [0, 0.05) is 22.7 Å². The summed E-state index contributed by atoms with van der Waals surface area (Å²) in [6.07, 6.45) is 1.35. The molecular formula is C22H15Cl2N3O6. The van der Waals surface area contributed by atoms with Crippen LogP contribution in [-0.2, 0) is 0 Å². The molecular weight excluding hydrogens is 473 g/mol. The van der Waals surface area contributed by atoms with Crippen LogP contribution in [0.4, 0.5) is 5.69 Å². The predicted molar refractivity (Wildman–Crippen MR) is 123 cm³/mol. The van der Waals surface area contributed by atoms with Crippen molar-refractivity contribution in [3.05, 3.63) is 97.5 Å². The van der Waals surface area contributed by atoms with Gasteiger partial charge in [0.05, 0.1) is 28.8 Å². The van der Waals surface area contributed by atoms with Gasteiger partial charge in [-0.05, 0) is 54.1 Å². The molecule has 0 saturated carbocycles. The number of amides is 1. The lowest BCUT2D eigenvalue weighted by molar-refractivity contribution is -0.384. The Morgan fingerprint density at radius 3 is 2.39 bits per heavy atom. The minimum atomic E-state index is -0.688. The van der Waals surface area contributed by atoms with E-state index in [9.17, 15) is 19.7 Å². The minimum absolute atomic E-state index is 0.124. The van der Waals surface area contributed by atoms with Gasteiger partial charge in [-0.3, -0.25) is 14.9 Å². The smallest absolute Gasteiger partial charge is 0.345 e. The molecule has 1 amide bonds. The number of carbonyl (C=O) groups is 2. The molecule has 33 heavy (non-hydrogen) atoms. The standard InChI is InChI=1S/C22H15Cl2N3O6/c1-32-20-10-13(12-25-26-21(28)14-3-6-16(7-4-14)27(30)31)2-9-19(20)33-22(29)17-8-5-15(23)11-18(17)24/h2-12H,1H3,(H,26,28)/b25-12-. The number of rotatable bonds is 7. The van der Waals surface area contributed by atoms with E-state index in [4.69, 9.17) is 32.7 Å². The SMILES string of the molecule is COc1cc(/C=N\NC(=O)c2ccc([N+](=O)[O-])cc2)ccc1OC(=O)c1ccc(Cl)cc1Cl. The summed E-state index contributed by atoms with van der Waals surface area (Å²) in [5.41, 5.74) is 3.09. The summed E-state index contributed by atoms with van der Waals surface area (Å²) in [7, 11) is 1.40. The molecule has 0 aliphatic heterocycles. The number of nitrogens with zero attached hydrogens (tertiary/aromatic N) is 2. The van der Waals surface area contributed by atoms with Crippen molar-refractivity contribution < 1.29 is 24.0 Å². The first kappa shape index (κ1) is 23.7. The highest BCUT2D eigenvalue weighted by atomic mass is 35.5. The molecule has 1 N–H and O–H groups in total. The van der Waals surface area contributed by atoms with Crippen molar-refractivity contribution in [1.29, 1.82) is 0 Å². The molecule has 0 aromatic heterocycles. The largest absolute Gasteiger partial charge is 0.493 e. The van der Waals surface area contributed by atoms with E-state index in [1.807, 2.05) is 0 Å². The van der Waals surface area contributed by atoms with E-state index in [0.717, 1.165) is 0 Å². The lowest BCUT2D eigenvalue weighted by Crippen LogP contribution is -2.17. The number of benzene rings is 3. The number of nitro groups is 1. The first-order chi connectivity index (χ1) is 15.8. The van der Waals surface area contributed by atoms with Crippen molar-refractivity contribution in [2.45, 2.75) is 0 Å². The van der Waals surface area contributed by atoms with Crippen molar-refractivity contribution in [1.82, 2.24) is 5.43 Å². The highest BCUT2D eigenvalue weighted by Crippen LogP contribution is 2.30. The fourth-order valence-corrected chi connectivity index (χ4v) is 3.11. The maximum absolute atomic E-state index is 12.4. The second-order valence-corrected chi connectivity index (χ2v) is 7.27. The molecule has 0 saturated heterocycles. The summed E-state index contributed by atoms with van der Waals surface area (Å²) in [5.74, 6) is -0.829. The molecule has 0 spiro atoms. The lowest BCUT2D eigenvalue weighted by atomic mass is 10.2. The molecule has 0 heterocycles. The number of non-ortho nitro benzene ring substituents is 1. The van der Waals surface area contributed by atoms with Crippen LogP contribution in [0.5, 0.6) is 11.5 Å². The average Bonchev–Trinajstić information content (AvgIpc) is 2.79. The zero-order valence-corrected chi connectivity index (χ0v) is 18.5. The van der Waals surface area contributed by atoms with E-state index in [-0.39, 0.29) is 33.3 Å². The number of hydrogen-bond donors (Lipinski definition) is 1. The molecule has 9 nitrogen and oxygen atoms in total. The summed E-state index contributed by atoms with van der Waals surface area (Å²) >= 11 is 11.9. The van der Waals surface area contributed by atoms with Gasteiger partial charge in [-0.1, -0.05) is 23.2 Å². The van der Waals surface area contributed by atoms with Gasteiger partial charge in [0.2, 0.25) is 0 Å². The van der Waals surface area contributed by atoms with Gasteiger partial charge in [0.15, 0.2) is 11.5 Å². The Hall–Kier alpha value is -3.95. The average molecular weight is 488 g/mol. The van der Waals surface area contributed by atoms with Crippen LogP contribution in [0.25, 0.3) is 0 Å².